The molecule has 30 heavy (non-hydrogen) atoms. The van der Waals surface area contributed by atoms with E-state index < -0.39 is 41.7 Å². The van der Waals surface area contributed by atoms with Crippen LogP contribution in [0.2, 0.25) is 0 Å². The van der Waals surface area contributed by atoms with E-state index in [2.05, 4.69) is 15.3 Å². The van der Waals surface area contributed by atoms with Crippen LogP contribution in [-0.4, -0.2) is 56.5 Å². The van der Waals surface area contributed by atoms with Crippen molar-refractivity contribution in [2.24, 2.45) is 0 Å². The van der Waals surface area contributed by atoms with Crippen LogP contribution < -0.4 is 11.3 Å². The third kappa shape index (κ3) is 2.53. The fraction of sp³-hybridized carbons (Fsp3) is 0.389. The number of nitrogens with zero attached hydrogens (tertiary/aromatic N) is 3. The van der Waals surface area contributed by atoms with Crippen LogP contribution in [0.25, 0.3) is 21.7 Å². The van der Waals surface area contributed by atoms with Crippen LogP contribution in [0.5, 0.6) is 0 Å². The maximum atomic E-state index is 12.2. The first kappa shape index (κ1) is 18.4. The quantitative estimate of drug-likeness (QED) is 0.580. The number of anilines is 1. The Morgan fingerprint density at radius 2 is 2.20 bits per heavy atom. The Kier molecular flexibility index (Phi) is 3.77. The number of nitrogens with one attached hydrogen (secondary N) is 1. The van der Waals surface area contributed by atoms with Crippen molar-refractivity contribution < 1.29 is 28.5 Å². The van der Waals surface area contributed by atoms with Gasteiger partial charge in [-0.05, 0) is 13.0 Å². The monoisotopic (exact) mass is 415 g/mol. The lowest BCUT2D eigenvalue weighted by Crippen LogP contribution is -2.42. The zero-order valence-corrected chi connectivity index (χ0v) is 15.9. The van der Waals surface area contributed by atoms with Crippen LogP contribution in [0.1, 0.15) is 20.1 Å². The Morgan fingerprint density at radius 1 is 1.40 bits per heavy atom. The van der Waals surface area contributed by atoms with Gasteiger partial charge in [-0.2, -0.15) is 10.2 Å². The first-order chi connectivity index (χ1) is 14.3. The third-order valence-corrected chi connectivity index (χ3v) is 5.40. The minimum absolute atomic E-state index is 0.124. The topological polar surface area (TPSA) is 161 Å². The van der Waals surface area contributed by atoms with E-state index in [4.69, 9.17) is 24.7 Å². The number of carbonyl (C=O) groups excluding carboxylic acids is 2. The molecule has 3 N–H and O–H groups in total. The van der Waals surface area contributed by atoms with Gasteiger partial charge in [0.1, 0.15) is 18.2 Å². The molecule has 2 aliphatic rings. The van der Waals surface area contributed by atoms with Crippen LogP contribution in [0.4, 0.5) is 10.5 Å². The summed E-state index contributed by atoms with van der Waals surface area (Å²) in [4.78, 5) is 35.3. The standard InChI is InChI=1S/C18H17N5O7/c1-7(24)27-6-12-14-18(2,30-17(26)29-14)16(28-12)23-5-9-10(19)3-8-13(9)11(22-23)4-20-21-15(8)25/h3-5,12,14,16H,6,19H2,1-2H3,(H,21,25). The fourth-order valence-electron chi connectivity index (χ4n) is 4.09. The van der Waals surface area contributed by atoms with Crippen molar-refractivity contribution in [2.45, 2.75) is 37.9 Å². The Labute approximate surface area is 167 Å². The van der Waals surface area contributed by atoms with Crippen molar-refractivity contribution in [3.8, 4) is 0 Å². The van der Waals surface area contributed by atoms with Gasteiger partial charge in [-0.25, -0.2) is 14.6 Å². The average Bonchev–Trinajstić information content (AvgIpc) is 3.22. The molecule has 12 heteroatoms. The van der Waals surface area contributed by atoms with Gasteiger partial charge in [0.25, 0.3) is 5.56 Å². The summed E-state index contributed by atoms with van der Waals surface area (Å²) >= 11 is 0. The van der Waals surface area contributed by atoms with Crippen LogP contribution in [-0.2, 0) is 23.7 Å². The van der Waals surface area contributed by atoms with E-state index in [1.54, 1.807) is 19.2 Å². The van der Waals surface area contributed by atoms with Gasteiger partial charge in [0.05, 0.1) is 11.6 Å². The molecular formula is C18H17N5O7. The molecule has 1 aromatic carbocycles. The van der Waals surface area contributed by atoms with E-state index in [0.29, 0.717) is 27.4 Å². The first-order valence-electron chi connectivity index (χ1n) is 9.11. The number of aromatic nitrogens is 4. The molecule has 2 fully saturated rings. The molecule has 156 valence electrons. The molecule has 2 saturated heterocycles. The number of H-pyrrole nitrogens is 1. The van der Waals surface area contributed by atoms with Gasteiger partial charge in [0.15, 0.2) is 17.9 Å². The molecule has 2 aromatic heterocycles. The molecule has 3 aromatic rings. The number of nitrogen functional groups attached to an aromatic ring is 1. The second-order valence-electron chi connectivity index (χ2n) is 7.40. The highest BCUT2D eigenvalue weighted by molar-refractivity contribution is 6.14. The molecule has 0 aliphatic carbocycles. The normalized spacial score (nSPS) is 27.8. The molecule has 4 atom stereocenters. The summed E-state index contributed by atoms with van der Waals surface area (Å²) in [5, 5.41) is 12.3. The molecule has 12 nitrogen and oxygen atoms in total. The summed E-state index contributed by atoms with van der Waals surface area (Å²) in [6, 6.07) is 1.55. The number of carbonyl (C=O) groups is 2. The molecule has 0 saturated carbocycles. The van der Waals surface area contributed by atoms with E-state index in [0.717, 1.165) is 0 Å². The largest absolute Gasteiger partial charge is 0.509 e. The molecule has 0 bridgehead atoms. The van der Waals surface area contributed by atoms with Crippen LogP contribution in [0.15, 0.2) is 23.3 Å². The Morgan fingerprint density at radius 3 is 2.97 bits per heavy atom. The molecule has 2 aliphatic heterocycles. The van der Waals surface area contributed by atoms with Crippen LogP contribution in [0, 0.1) is 0 Å². The van der Waals surface area contributed by atoms with Crippen LogP contribution >= 0.6 is 0 Å². The summed E-state index contributed by atoms with van der Waals surface area (Å²) in [6.45, 7) is 2.79. The Hall–Kier alpha value is -3.67. The number of hydrogen-bond donors (Lipinski definition) is 2. The second-order valence-corrected chi connectivity index (χ2v) is 7.40. The summed E-state index contributed by atoms with van der Waals surface area (Å²) in [6.07, 6.45) is -0.332. The predicted octanol–water partition coefficient (Wildman–Crippen LogP) is 0.610. The molecule has 0 spiro atoms. The molecule has 0 amide bonds. The van der Waals surface area contributed by atoms with Gasteiger partial charge in [0.2, 0.25) is 0 Å². The predicted molar refractivity (Wildman–Crippen MR) is 100 cm³/mol. The van der Waals surface area contributed by atoms with Crippen LogP contribution in [0.3, 0.4) is 0 Å². The van der Waals surface area contributed by atoms with Crippen molar-refractivity contribution in [3.63, 3.8) is 0 Å². The van der Waals surface area contributed by atoms with Gasteiger partial charge in [-0.1, -0.05) is 0 Å². The number of ether oxygens (including phenoxy) is 4. The number of fused-ring (bicyclic) bond motifs is 1. The number of aromatic amines is 1. The Bertz CT molecular complexity index is 1270. The summed E-state index contributed by atoms with van der Waals surface area (Å²) in [5.41, 5.74) is 5.25. The van der Waals surface area contributed by atoms with Gasteiger partial charge < -0.3 is 24.7 Å². The number of hydrogen-bond acceptors (Lipinski definition) is 10. The lowest BCUT2D eigenvalue weighted by Gasteiger charge is -2.26. The highest BCUT2D eigenvalue weighted by Crippen LogP contribution is 2.47. The fourth-order valence-corrected chi connectivity index (χ4v) is 4.09. The van der Waals surface area contributed by atoms with E-state index >= 15 is 0 Å². The number of rotatable bonds is 3. The zero-order valence-electron chi connectivity index (χ0n) is 15.9. The highest BCUT2D eigenvalue weighted by Gasteiger charge is 2.64. The zero-order chi connectivity index (χ0) is 21.2. The van der Waals surface area contributed by atoms with E-state index in [1.165, 1.54) is 17.8 Å². The minimum Gasteiger partial charge on any atom is -0.463 e. The summed E-state index contributed by atoms with van der Waals surface area (Å²) in [5.74, 6) is -0.493. The maximum Gasteiger partial charge on any atom is 0.509 e. The van der Waals surface area contributed by atoms with Crippen molar-refractivity contribution in [2.75, 3.05) is 12.3 Å². The smallest absolute Gasteiger partial charge is 0.463 e. The Balaban J connectivity index is 1.65. The molecular weight excluding hydrogens is 398 g/mol. The maximum absolute atomic E-state index is 12.2. The molecule has 4 heterocycles. The van der Waals surface area contributed by atoms with E-state index in [-0.39, 0.29) is 6.61 Å². The van der Waals surface area contributed by atoms with Crippen molar-refractivity contribution in [1.82, 2.24) is 20.0 Å². The van der Waals surface area contributed by atoms with Crippen molar-refractivity contribution in [1.29, 1.82) is 0 Å². The number of nitrogens with two attached hydrogens (primary N) is 1. The van der Waals surface area contributed by atoms with E-state index in [1.807, 2.05) is 0 Å². The molecule has 0 radical (unpaired) electrons. The van der Waals surface area contributed by atoms with Gasteiger partial charge in [-0.15, -0.1) is 0 Å². The molecule has 5 rings (SSSR count). The van der Waals surface area contributed by atoms with Crippen molar-refractivity contribution in [3.05, 3.63) is 28.8 Å². The third-order valence-electron chi connectivity index (χ3n) is 5.40. The van der Waals surface area contributed by atoms with E-state index in [9.17, 15) is 14.4 Å². The SMILES string of the molecule is CC(=O)OCC1OC(n2cc3c(N)cc4c(=O)[nH]ncc(n2)c34)C2(C)OC(=O)OC12. The lowest BCUT2D eigenvalue weighted by atomic mass is 9.97. The minimum atomic E-state index is -1.24. The van der Waals surface area contributed by atoms with Gasteiger partial charge >= 0.3 is 12.1 Å². The lowest BCUT2D eigenvalue weighted by molar-refractivity contribution is -0.149. The average molecular weight is 415 g/mol. The highest BCUT2D eigenvalue weighted by atomic mass is 16.8. The number of esters is 1. The summed E-state index contributed by atoms with van der Waals surface area (Å²) < 4.78 is 23.2. The van der Waals surface area contributed by atoms with Gasteiger partial charge in [-0.3, -0.25) is 9.59 Å². The second kappa shape index (κ2) is 6.16. The summed E-state index contributed by atoms with van der Waals surface area (Å²) in [7, 11) is 0. The molecule has 4 unspecified atom stereocenters. The first-order valence-corrected chi connectivity index (χ1v) is 9.11. The van der Waals surface area contributed by atoms with Crippen molar-refractivity contribution >= 4 is 39.5 Å². The van der Waals surface area contributed by atoms with Gasteiger partial charge in [0, 0.05) is 29.6 Å².